The van der Waals surface area contributed by atoms with Gasteiger partial charge in [0.05, 0.1) is 0 Å². The molecule has 2 aromatic carbocycles. The molecule has 0 aromatic heterocycles. The zero-order valence-electron chi connectivity index (χ0n) is 23.1. The molecule has 0 spiro atoms. The molecule has 0 radical (unpaired) electrons. The fourth-order valence-corrected chi connectivity index (χ4v) is 3.87. The summed E-state index contributed by atoms with van der Waals surface area (Å²) in [7, 11) is 0. The van der Waals surface area contributed by atoms with Gasteiger partial charge >= 0.3 is 18.3 Å². The van der Waals surface area contributed by atoms with Crippen molar-refractivity contribution in [3.05, 3.63) is 71.8 Å². The van der Waals surface area contributed by atoms with Crippen LogP contribution in [-0.4, -0.2) is 90.9 Å². The maximum absolute atomic E-state index is 13.0. The highest BCUT2D eigenvalue weighted by atomic mass is 16.6. The second-order valence-corrected chi connectivity index (χ2v) is 10.3. The van der Waals surface area contributed by atoms with Crippen molar-refractivity contribution in [2.24, 2.45) is 0 Å². The van der Waals surface area contributed by atoms with Crippen molar-refractivity contribution in [2.45, 2.75) is 39.6 Å². The van der Waals surface area contributed by atoms with Gasteiger partial charge in [0.25, 0.3) is 0 Å². The van der Waals surface area contributed by atoms with Crippen LogP contribution in [0.2, 0.25) is 0 Å². The highest BCUT2D eigenvalue weighted by Gasteiger charge is 2.26. The molecule has 0 bridgehead atoms. The van der Waals surface area contributed by atoms with Crippen molar-refractivity contribution in [2.75, 3.05) is 52.4 Å². The van der Waals surface area contributed by atoms with Crippen LogP contribution in [0.4, 0.5) is 14.4 Å². The minimum Gasteiger partial charge on any atom is -0.445 e. The summed E-state index contributed by atoms with van der Waals surface area (Å²) in [5, 5.41) is 3.28. The Morgan fingerprint density at radius 3 is 1.41 bits per heavy atom. The molecule has 1 fully saturated rings. The van der Waals surface area contributed by atoms with E-state index in [2.05, 4.69) is 5.32 Å². The van der Waals surface area contributed by atoms with Crippen LogP contribution in [0, 0.1) is 0 Å². The third-order valence-electron chi connectivity index (χ3n) is 5.98. The lowest BCUT2D eigenvalue weighted by Crippen LogP contribution is -2.49. The van der Waals surface area contributed by atoms with Gasteiger partial charge in [-0.05, 0) is 31.9 Å². The molecule has 1 aliphatic heterocycles. The van der Waals surface area contributed by atoms with Crippen molar-refractivity contribution in [3.8, 4) is 0 Å². The maximum Gasteiger partial charge on any atom is 0.410 e. The minimum atomic E-state index is -0.687. The van der Waals surface area contributed by atoms with Crippen molar-refractivity contribution >= 4 is 18.3 Å². The Bertz CT molecular complexity index is 975. The van der Waals surface area contributed by atoms with Gasteiger partial charge in [-0.2, -0.15) is 0 Å². The molecule has 2 aromatic rings. The molecule has 10 heteroatoms. The van der Waals surface area contributed by atoms with E-state index in [-0.39, 0.29) is 39.4 Å². The quantitative estimate of drug-likeness (QED) is 0.583. The molecular formula is C29H40N4O6. The largest absolute Gasteiger partial charge is 0.445 e. The minimum absolute atomic E-state index is 0.166. The summed E-state index contributed by atoms with van der Waals surface area (Å²) in [4.78, 5) is 43.5. The third-order valence-corrected chi connectivity index (χ3v) is 5.98. The number of nitrogens with zero attached hydrogens (tertiary/aromatic N) is 3. The van der Waals surface area contributed by atoms with E-state index in [1.807, 2.05) is 60.7 Å². The number of nitrogens with one attached hydrogen (secondary N) is 1. The lowest BCUT2D eigenvalue weighted by molar-refractivity contribution is 0.0196. The van der Waals surface area contributed by atoms with Gasteiger partial charge in [0, 0.05) is 52.4 Å². The van der Waals surface area contributed by atoms with Crippen LogP contribution >= 0.6 is 0 Å². The van der Waals surface area contributed by atoms with E-state index in [0.29, 0.717) is 26.2 Å². The van der Waals surface area contributed by atoms with Crippen molar-refractivity contribution in [1.82, 2.24) is 20.0 Å². The molecule has 212 valence electrons. The maximum atomic E-state index is 13.0. The molecule has 3 rings (SSSR count). The average Bonchev–Trinajstić information content (AvgIpc) is 2.91. The molecule has 1 saturated heterocycles. The van der Waals surface area contributed by atoms with E-state index in [0.717, 1.165) is 11.1 Å². The molecule has 1 heterocycles. The van der Waals surface area contributed by atoms with Crippen LogP contribution in [0.3, 0.4) is 0 Å². The molecule has 39 heavy (non-hydrogen) atoms. The summed E-state index contributed by atoms with van der Waals surface area (Å²) in [6.07, 6.45) is -1.41. The molecule has 1 aliphatic rings. The number of hydrogen-bond acceptors (Lipinski definition) is 7. The van der Waals surface area contributed by atoms with Crippen LogP contribution in [0.25, 0.3) is 0 Å². The summed E-state index contributed by atoms with van der Waals surface area (Å²) in [5.41, 5.74) is 1.11. The monoisotopic (exact) mass is 540 g/mol. The predicted molar refractivity (Wildman–Crippen MR) is 147 cm³/mol. The molecule has 0 atom stereocenters. The predicted octanol–water partition coefficient (Wildman–Crippen LogP) is 4.10. The third kappa shape index (κ3) is 10.8. The van der Waals surface area contributed by atoms with E-state index >= 15 is 0 Å². The van der Waals surface area contributed by atoms with Crippen LogP contribution in [-0.2, 0) is 27.4 Å². The van der Waals surface area contributed by atoms with Crippen LogP contribution in [0.15, 0.2) is 60.7 Å². The molecular weight excluding hydrogens is 500 g/mol. The summed E-state index contributed by atoms with van der Waals surface area (Å²) >= 11 is 0. The second kappa shape index (κ2) is 15.0. The number of hydrogen-bond donors (Lipinski definition) is 1. The van der Waals surface area contributed by atoms with Crippen molar-refractivity contribution in [3.63, 3.8) is 0 Å². The summed E-state index contributed by atoms with van der Waals surface area (Å²) < 4.78 is 16.7. The molecule has 3 amide bonds. The van der Waals surface area contributed by atoms with Gasteiger partial charge in [-0.1, -0.05) is 60.7 Å². The topological polar surface area (TPSA) is 101 Å². The second-order valence-electron chi connectivity index (χ2n) is 10.3. The Hall–Kier alpha value is -3.79. The van der Waals surface area contributed by atoms with Gasteiger partial charge in [0.2, 0.25) is 0 Å². The first-order valence-corrected chi connectivity index (χ1v) is 13.3. The fraction of sp³-hybridized carbons (Fsp3) is 0.483. The number of benzene rings is 2. The molecule has 0 aliphatic carbocycles. The Morgan fingerprint density at radius 1 is 0.641 bits per heavy atom. The molecule has 10 nitrogen and oxygen atoms in total. The van der Waals surface area contributed by atoms with E-state index < -0.39 is 23.9 Å². The van der Waals surface area contributed by atoms with Crippen molar-refractivity contribution < 1.29 is 28.6 Å². The smallest absolute Gasteiger partial charge is 0.410 e. The van der Waals surface area contributed by atoms with Crippen LogP contribution in [0.1, 0.15) is 31.9 Å². The first kappa shape index (κ1) is 29.8. The SMILES string of the molecule is CC(C)(C)OC(=O)N1CCN(C(=O)OCc2ccccc2)CCNCCN(C(=O)OCc2ccccc2)CC1. The lowest BCUT2D eigenvalue weighted by atomic mass is 10.2. The van der Waals surface area contributed by atoms with Gasteiger partial charge in [-0.25, -0.2) is 14.4 Å². The van der Waals surface area contributed by atoms with Crippen LogP contribution in [0.5, 0.6) is 0 Å². The van der Waals surface area contributed by atoms with Crippen LogP contribution < -0.4 is 5.32 Å². The normalized spacial score (nSPS) is 15.5. The molecule has 0 unspecified atom stereocenters. The highest BCUT2D eigenvalue weighted by Crippen LogP contribution is 2.12. The number of carbonyl (C=O) groups excluding carboxylic acids is 3. The Labute approximate surface area is 230 Å². The standard InChI is InChI=1S/C29H40N4O6/c1-29(2,3)39-28(36)33-20-18-31(26(34)37-22-24-10-6-4-7-11-24)16-14-30-15-17-32(19-21-33)27(35)38-23-25-12-8-5-9-13-25/h4-13,30H,14-23H2,1-3H3. The first-order chi connectivity index (χ1) is 18.7. The average molecular weight is 541 g/mol. The van der Waals surface area contributed by atoms with Gasteiger partial charge in [0.15, 0.2) is 0 Å². The molecule has 0 saturated carbocycles. The number of amides is 3. The number of carbonyl (C=O) groups is 3. The zero-order chi connectivity index (χ0) is 28.1. The van der Waals surface area contributed by atoms with E-state index in [4.69, 9.17) is 14.2 Å². The lowest BCUT2D eigenvalue weighted by Gasteiger charge is -2.32. The number of rotatable bonds is 4. The Morgan fingerprint density at radius 2 is 1.03 bits per heavy atom. The Kier molecular flexibility index (Phi) is 11.4. The fourth-order valence-electron chi connectivity index (χ4n) is 3.87. The van der Waals surface area contributed by atoms with Gasteiger partial charge in [0.1, 0.15) is 18.8 Å². The summed E-state index contributed by atoms with van der Waals surface area (Å²) in [6.45, 7) is 8.46. The number of ether oxygens (including phenoxy) is 3. The summed E-state index contributed by atoms with van der Waals surface area (Å²) in [6, 6.07) is 19.0. The van der Waals surface area contributed by atoms with Gasteiger partial charge < -0.3 is 34.2 Å². The highest BCUT2D eigenvalue weighted by molar-refractivity contribution is 5.70. The zero-order valence-corrected chi connectivity index (χ0v) is 23.1. The Balaban J connectivity index is 1.64. The van der Waals surface area contributed by atoms with Gasteiger partial charge in [-0.3, -0.25) is 0 Å². The summed E-state index contributed by atoms with van der Waals surface area (Å²) in [5.74, 6) is 0. The van der Waals surface area contributed by atoms with Gasteiger partial charge in [-0.15, -0.1) is 0 Å². The van der Waals surface area contributed by atoms with E-state index in [1.165, 1.54) is 4.90 Å². The van der Waals surface area contributed by atoms with Crippen molar-refractivity contribution in [1.29, 1.82) is 0 Å². The van der Waals surface area contributed by atoms with E-state index in [9.17, 15) is 14.4 Å². The molecule has 1 N–H and O–H groups in total. The van der Waals surface area contributed by atoms with E-state index in [1.54, 1.807) is 30.6 Å². The first-order valence-electron chi connectivity index (χ1n) is 13.3.